The Balaban J connectivity index is 4.01. The van der Waals surface area contributed by atoms with E-state index in [1.807, 2.05) is 0 Å². The van der Waals surface area contributed by atoms with Crippen LogP contribution in [0, 0.1) is 5.92 Å². The molecule has 0 unspecified atom stereocenters. The van der Waals surface area contributed by atoms with E-state index in [0.717, 1.165) is 19.1 Å². The second-order valence-corrected chi connectivity index (χ2v) is 21.9. The van der Waals surface area contributed by atoms with Crippen LogP contribution in [0.5, 0.6) is 0 Å². The Morgan fingerprint density at radius 2 is 0.787 bits per heavy atom. The monoisotopic (exact) mass is 679 g/mol. The smallest absolute Gasteiger partial charge is 0.192 e. The van der Waals surface area contributed by atoms with Gasteiger partial charge in [-0.05, 0) is 43.3 Å². The molecule has 0 aliphatic carbocycles. The minimum atomic E-state index is -1.75. The highest BCUT2D eigenvalue weighted by Gasteiger charge is 2.39. The fourth-order valence-electron chi connectivity index (χ4n) is 6.91. The van der Waals surface area contributed by atoms with Gasteiger partial charge in [0.15, 0.2) is 8.32 Å². The number of carbonyl (C=O) groups excluding carboxylic acids is 1. The van der Waals surface area contributed by atoms with Crippen LogP contribution < -0.4 is 0 Å². The Bertz CT molecular complexity index is 639. The van der Waals surface area contributed by atoms with Crippen molar-refractivity contribution in [3.8, 4) is 0 Å². The lowest BCUT2D eigenvalue weighted by Crippen LogP contribution is -2.45. The molecule has 0 spiro atoms. The molecule has 2 nitrogen and oxygen atoms in total. The third kappa shape index (κ3) is 30.4. The third-order valence-corrected chi connectivity index (χ3v) is 16.0. The summed E-state index contributed by atoms with van der Waals surface area (Å²) in [6.07, 6.45) is 47.0. The van der Waals surface area contributed by atoms with Crippen LogP contribution in [0.4, 0.5) is 0 Å². The maximum Gasteiger partial charge on any atom is 0.192 e. The van der Waals surface area contributed by atoms with Crippen LogP contribution in [0.25, 0.3) is 0 Å². The Morgan fingerprint density at radius 1 is 0.489 bits per heavy atom. The molecule has 0 aromatic rings. The van der Waals surface area contributed by atoms with E-state index in [9.17, 15) is 4.79 Å². The first-order valence-corrected chi connectivity index (χ1v) is 24.7. The highest BCUT2D eigenvalue weighted by atomic mass is 28.4. The zero-order chi connectivity index (χ0) is 34.9. The summed E-state index contributed by atoms with van der Waals surface area (Å²) in [7, 11) is -1.75. The zero-order valence-corrected chi connectivity index (χ0v) is 34.9. The third-order valence-electron chi connectivity index (χ3n) is 11.5. The number of hydrogen-bond acceptors (Lipinski definition) is 2. The minimum Gasteiger partial charge on any atom is -0.414 e. The molecule has 0 saturated heterocycles. The molecule has 0 bridgehead atoms. The molecule has 0 radical (unpaired) electrons. The van der Waals surface area contributed by atoms with Crippen molar-refractivity contribution in [1.29, 1.82) is 0 Å². The average molecular weight is 679 g/mol. The van der Waals surface area contributed by atoms with Crippen molar-refractivity contribution >= 4 is 14.6 Å². The molecule has 0 aromatic heterocycles. The van der Waals surface area contributed by atoms with Gasteiger partial charge < -0.3 is 9.22 Å². The van der Waals surface area contributed by atoms with Gasteiger partial charge in [0.2, 0.25) is 0 Å². The van der Waals surface area contributed by atoms with E-state index >= 15 is 0 Å². The summed E-state index contributed by atoms with van der Waals surface area (Å²) in [5.74, 6) is 0.687. The second kappa shape index (κ2) is 33.0. The van der Waals surface area contributed by atoms with Gasteiger partial charge in [-0.1, -0.05) is 221 Å². The molecular formula is C44H90O2Si. The Morgan fingerprint density at radius 3 is 1.11 bits per heavy atom. The highest BCUT2D eigenvalue weighted by Crippen LogP contribution is 2.39. The van der Waals surface area contributed by atoms with Crippen LogP contribution >= 0.6 is 0 Å². The molecule has 0 fully saturated rings. The predicted molar refractivity (Wildman–Crippen MR) is 215 cm³/mol. The molecule has 0 saturated carbocycles. The highest BCUT2D eigenvalue weighted by molar-refractivity contribution is 6.74. The van der Waals surface area contributed by atoms with E-state index in [0.29, 0.717) is 12.0 Å². The van der Waals surface area contributed by atoms with Gasteiger partial charge in [0.25, 0.3) is 0 Å². The van der Waals surface area contributed by atoms with Gasteiger partial charge in [0.05, 0.1) is 0 Å². The maximum absolute atomic E-state index is 10.4. The van der Waals surface area contributed by atoms with Gasteiger partial charge in [0.1, 0.15) is 6.29 Å². The normalized spacial score (nSPS) is 13.7. The fraction of sp³-hybridized carbons (Fsp3) is 0.977. The first-order valence-electron chi connectivity index (χ1n) is 21.8. The van der Waals surface area contributed by atoms with Crippen molar-refractivity contribution in [2.24, 2.45) is 5.92 Å². The van der Waals surface area contributed by atoms with E-state index in [-0.39, 0.29) is 5.04 Å². The van der Waals surface area contributed by atoms with Crippen molar-refractivity contribution in [3.05, 3.63) is 0 Å². The molecule has 3 heteroatoms. The lowest BCUT2D eigenvalue weighted by molar-refractivity contribution is -0.107. The molecule has 0 amide bonds. The number of hydrogen-bond donors (Lipinski definition) is 0. The Kier molecular flexibility index (Phi) is 32.9. The maximum atomic E-state index is 10.4. The SMILES string of the molecule is CCCCCCCCCCCCCCCCCC[C@@H](C)[C@@H](CCCCCCCCCCCCCCCCC=O)O[Si](C)(C)C(C)(C)C. The van der Waals surface area contributed by atoms with E-state index in [4.69, 9.17) is 4.43 Å². The quantitative estimate of drug-likeness (QED) is 0.0371. The summed E-state index contributed by atoms with van der Waals surface area (Å²) in [4.78, 5) is 10.4. The van der Waals surface area contributed by atoms with Gasteiger partial charge >= 0.3 is 0 Å². The number of unbranched alkanes of at least 4 members (excludes halogenated alkanes) is 29. The first kappa shape index (κ1) is 46.8. The number of aldehydes is 1. The molecule has 0 heterocycles. The van der Waals surface area contributed by atoms with Crippen LogP contribution in [0.3, 0.4) is 0 Å². The lowest BCUT2D eigenvalue weighted by Gasteiger charge is -2.41. The summed E-state index contributed by atoms with van der Waals surface area (Å²) in [5.41, 5.74) is 0. The van der Waals surface area contributed by atoms with Crippen molar-refractivity contribution in [2.45, 2.75) is 271 Å². The van der Waals surface area contributed by atoms with Crippen LogP contribution in [0.2, 0.25) is 18.1 Å². The predicted octanol–water partition coefficient (Wildman–Crippen LogP) is 16.1. The van der Waals surface area contributed by atoms with Crippen LogP contribution in [0.15, 0.2) is 0 Å². The van der Waals surface area contributed by atoms with Crippen LogP contribution in [-0.2, 0) is 9.22 Å². The molecule has 47 heavy (non-hydrogen) atoms. The summed E-state index contributed by atoms with van der Waals surface area (Å²) >= 11 is 0. The average Bonchev–Trinajstić information content (AvgIpc) is 3.03. The number of rotatable bonds is 37. The van der Waals surface area contributed by atoms with E-state index < -0.39 is 8.32 Å². The van der Waals surface area contributed by atoms with E-state index in [2.05, 4.69) is 47.7 Å². The van der Waals surface area contributed by atoms with Gasteiger partial charge in [-0.15, -0.1) is 0 Å². The largest absolute Gasteiger partial charge is 0.414 e. The van der Waals surface area contributed by atoms with Crippen molar-refractivity contribution in [3.63, 3.8) is 0 Å². The molecule has 0 aliphatic heterocycles. The Labute approximate surface area is 299 Å². The molecule has 282 valence electrons. The van der Waals surface area contributed by atoms with Crippen molar-refractivity contribution in [1.82, 2.24) is 0 Å². The fourth-order valence-corrected chi connectivity index (χ4v) is 8.37. The van der Waals surface area contributed by atoms with Gasteiger partial charge in [0, 0.05) is 12.5 Å². The van der Waals surface area contributed by atoms with E-state index in [1.54, 1.807) is 0 Å². The molecule has 0 rings (SSSR count). The van der Waals surface area contributed by atoms with Crippen LogP contribution in [-0.4, -0.2) is 20.7 Å². The van der Waals surface area contributed by atoms with Gasteiger partial charge in [-0.2, -0.15) is 0 Å². The second-order valence-electron chi connectivity index (χ2n) is 17.2. The minimum absolute atomic E-state index is 0.288. The Hall–Kier alpha value is -0.153. The zero-order valence-electron chi connectivity index (χ0n) is 33.9. The van der Waals surface area contributed by atoms with Crippen molar-refractivity contribution in [2.75, 3.05) is 0 Å². The van der Waals surface area contributed by atoms with E-state index in [1.165, 1.54) is 199 Å². The summed E-state index contributed by atoms with van der Waals surface area (Å²) in [6.45, 7) is 16.9. The summed E-state index contributed by atoms with van der Waals surface area (Å²) in [6, 6.07) is 0. The molecule has 0 aromatic carbocycles. The molecule has 2 atom stereocenters. The number of carbonyl (C=O) groups is 1. The molecular weight excluding hydrogens is 589 g/mol. The topological polar surface area (TPSA) is 26.3 Å². The summed E-state index contributed by atoms with van der Waals surface area (Å²) in [5, 5.41) is 0.288. The summed E-state index contributed by atoms with van der Waals surface area (Å²) < 4.78 is 7.09. The standard InChI is InChI=1S/C44H90O2Si/c1-8-9-10-11-12-13-14-15-16-18-21-24-27-30-33-36-39-42(2)43(46-47(6,7)44(3,4)5)40-37-34-31-28-25-22-19-17-20-23-26-29-32-35-38-41-45/h41-43H,8-40H2,1-7H3/t42-,43-/m1/s1. The molecule has 0 aliphatic rings. The first-order chi connectivity index (χ1) is 22.7. The van der Waals surface area contributed by atoms with Crippen molar-refractivity contribution < 1.29 is 9.22 Å². The van der Waals surface area contributed by atoms with Gasteiger partial charge in [-0.25, -0.2) is 0 Å². The van der Waals surface area contributed by atoms with Gasteiger partial charge in [-0.3, -0.25) is 0 Å². The lowest BCUT2D eigenvalue weighted by atomic mass is 9.93. The van der Waals surface area contributed by atoms with Crippen LogP contribution in [0.1, 0.15) is 247 Å². The molecule has 0 N–H and O–H groups in total.